The smallest absolute Gasteiger partial charge is 0.221 e. The molecule has 4 heterocycles. The van der Waals surface area contributed by atoms with Crippen molar-refractivity contribution in [2.75, 3.05) is 13.7 Å². The third-order valence-corrected chi connectivity index (χ3v) is 10.3. The molecule has 2 saturated heterocycles. The van der Waals surface area contributed by atoms with E-state index in [1.165, 1.54) is 11.1 Å². The van der Waals surface area contributed by atoms with E-state index >= 15 is 0 Å². The number of pyridine rings is 2. The molecule has 0 unspecified atom stereocenters. The summed E-state index contributed by atoms with van der Waals surface area (Å²) in [5.41, 5.74) is 8.15. The van der Waals surface area contributed by atoms with Crippen molar-refractivity contribution in [1.82, 2.24) is 31.2 Å². The molecule has 2 fully saturated rings. The summed E-state index contributed by atoms with van der Waals surface area (Å²) in [5, 5.41) is 14.1. The molecule has 7 rings (SSSR count). The number of methoxy groups -OCH3 is 1. The van der Waals surface area contributed by atoms with Crippen LogP contribution in [0.3, 0.4) is 0 Å². The lowest BCUT2D eigenvalue weighted by atomic mass is 9.86. The van der Waals surface area contributed by atoms with Crippen LogP contribution in [0.5, 0.6) is 5.88 Å². The summed E-state index contributed by atoms with van der Waals surface area (Å²) >= 11 is 14.2. The van der Waals surface area contributed by atoms with E-state index in [1.54, 1.807) is 13.3 Å². The van der Waals surface area contributed by atoms with Crippen molar-refractivity contribution < 1.29 is 14.3 Å². The van der Waals surface area contributed by atoms with Gasteiger partial charge in [-0.25, -0.2) is 4.98 Å². The highest BCUT2D eigenvalue weighted by molar-refractivity contribution is 6.39. The number of hydrogen-bond donors (Lipinski definition) is 4. The summed E-state index contributed by atoms with van der Waals surface area (Å²) in [6.07, 6.45) is 7.64. The highest BCUT2D eigenvalue weighted by Crippen LogP contribution is 2.42. The second kappa shape index (κ2) is 14.2. The van der Waals surface area contributed by atoms with Gasteiger partial charge in [0.05, 0.1) is 34.7 Å². The Kier molecular flexibility index (Phi) is 9.64. The van der Waals surface area contributed by atoms with Crippen LogP contribution in [-0.2, 0) is 22.6 Å². The number of halogens is 2. The Morgan fingerprint density at radius 1 is 0.875 bits per heavy atom. The number of ether oxygens (including phenoxy) is 1. The van der Waals surface area contributed by atoms with E-state index < -0.39 is 0 Å². The van der Waals surface area contributed by atoms with Crippen molar-refractivity contribution in [2.45, 2.75) is 69.7 Å². The van der Waals surface area contributed by atoms with E-state index in [2.05, 4.69) is 39.5 Å². The number of aromatic nitrogens is 2. The Bertz CT molecular complexity index is 1870. The van der Waals surface area contributed by atoms with E-state index in [0.29, 0.717) is 46.7 Å². The van der Waals surface area contributed by atoms with Gasteiger partial charge in [-0.2, -0.15) is 0 Å². The lowest BCUT2D eigenvalue weighted by molar-refractivity contribution is -0.120. The van der Waals surface area contributed by atoms with Gasteiger partial charge < -0.3 is 20.7 Å². The molecule has 9 nitrogen and oxygen atoms in total. The summed E-state index contributed by atoms with van der Waals surface area (Å²) in [5.74, 6) is 0.689. The van der Waals surface area contributed by atoms with Gasteiger partial charge in [0.1, 0.15) is 0 Å². The molecule has 48 heavy (non-hydrogen) atoms. The van der Waals surface area contributed by atoms with Gasteiger partial charge in [0.25, 0.3) is 0 Å². The van der Waals surface area contributed by atoms with Crippen LogP contribution in [0.15, 0.2) is 60.8 Å². The van der Waals surface area contributed by atoms with Crippen molar-refractivity contribution in [3.63, 3.8) is 0 Å². The van der Waals surface area contributed by atoms with Crippen LogP contribution in [0.4, 0.5) is 0 Å². The van der Waals surface area contributed by atoms with Crippen LogP contribution in [0.2, 0.25) is 10.0 Å². The predicted molar refractivity (Wildman–Crippen MR) is 188 cm³/mol. The van der Waals surface area contributed by atoms with Crippen molar-refractivity contribution in [3.05, 3.63) is 87.5 Å². The number of rotatable bonds is 10. The van der Waals surface area contributed by atoms with Crippen LogP contribution >= 0.6 is 23.2 Å². The van der Waals surface area contributed by atoms with Gasteiger partial charge in [-0.15, -0.1) is 0 Å². The van der Waals surface area contributed by atoms with Gasteiger partial charge >= 0.3 is 0 Å². The van der Waals surface area contributed by atoms with Crippen LogP contribution in [0, 0.1) is 0 Å². The first-order chi connectivity index (χ1) is 23.4. The van der Waals surface area contributed by atoms with Crippen LogP contribution in [0.1, 0.15) is 61.3 Å². The molecule has 11 heteroatoms. The van der Waals surface area contributed by atoms with Gasteiger partial charge in [0, 0.05) is 72.0 Å². The molecule has 0 saturated carbocycles. The Hall–Kier alpha value is -4.02. The molecule has 2 aromatic heterocycles. The molecule has 3 atom stereocenters. The third-order valence-electron chi connectivity index (χ3n) is 9.55. The van der Waals surface area contributed by atoms with Gasteiger partial charge in [-0.1, -0.05) is 59.6 Å². The van der Waals surface area contributed by atoms with Crippen LogP contribution in [0.25, 0.3) is 33.6 Å². The largest absolute Gasteiger partial charge is 0.481 e. The zero-order valence-electron chi connectivity index (χ0n) is 26.7. The molecular weight excluding hydrogens is 647 g/mol. The molecule has 3 aliphatic rings. The first-order valence-electron chi connectivity index (χ1n) is 16.5. The number of hydrogen-bond acceptors (Lipinski definition) is 7. The molecular formula is C37H38Cl2N6O3. The van der Waals surface area contributed by atoms with Crippen molar-refractivity contribution in [1.29, 1.82) is 0 Å². The number of nitrogens with zero attached hydrogens (tertiary/aromatic N) is 2. The fraction of sp³-hybridized carbons (Fsp3) is 0.351. The Balaban J connectivity index is 1.12. The summed E-state index contributed by atoms with van der Waals surface area (Å²) in [7, 11) is 1.60. The van der Waals surface area contributed by atoms with Gasteiger partial charge in [0.15, 0.2) is 0 Å². The average Bonchev–Trinajstić information content (AvgIpc) is 3.73. The van der Waals surface area contributed by atoms with Crippen molar-refractivity contribution in [3.8, 4) is 39.5 Å². The highest BCUT2D eigenvalue weighted by Gasteiger charge is 2.26. The minimum atomic E-state index is -0.0590. The van der Waals surface area contributed by atoms with Gasteiger partial charge in [0.2, 0.25) is 17.7 Å². The van der Waals surface area contributed by atoms with E-state index in [4.69, 9.17) is 37.9 Å². The maximum atomic E-state index is 11.6. The molecule has 2 aliphatic heterocycles. The molecule has 0 spiro atoms. The number of carbonyl (C=O) groups is 2. The number of benzene rings is 2. The normalized spacial score (nSPS) is 20.4. The number of fused-ring (bicyclic) bond motifs is 1. The first-order valence-corrected chi connectivity index (χ1v) is 17.3. The summed E-state index contributed by atoms with van der Waals surface area (Å²) < 4.78 is 5.64. The lowest BCUT2D eigenvalue weighted by Gasteiger charge is -2.28. The minimum absolute atomic E-state index is 0.0570. The van der Waals surface area contributed by atoms with Crippen LogP contribution < -0.4 is 26.0 Å². The second-order valence-corrected chi connectivity index (χ2v) is 13.4. The van der Waals surface area contributed by atoms with E-state index in [1.807, 2.05) is 36.4 Å². The molecule has 248 valence electrons. The fourth-order valence-electron chi connectivity index (χ4n) is 7.01. The van der Waals surface area contributed by atoms with Gasteiger partial charge in [-0.05, 0) is 61.4 Å². The molecule has 1 aliphatic carbocycles. The Morgan fingerprint density at radius 3 is 2.48 bits per heavy atom. The second-order valence-electron chi connectivity index (χ2n) is 12.7. The van der Waals surface area contributed by atoms with Crippen LogP contribution in [-0.4, -0.2) is 47.6 Å². The standard InChI is InChI=1S/C37H38Cl2N6O3/c1-48-37-23(19-42-31-13-15-33(47)45-31)9-12-30(44-37)28-6-3-5-26(34(28)38)27-16-17-40-36(35(27)39)22-8-11-25-21(18-22)4-2-7-29(25)41-20-24-10-14-32(46)43-24/h3,5-6,8-9,11-12,16-18,24,29,31,41-42H,2,4,7,10,13-15,19-20H2,1H3,(H,43,46)(H,45,47)/t24-,29-,31-/m0/s1. The summed E-state index contributed by atoms with van der Waals surface area (Å²) in [6, 6.07) is 18.6. The lowest BCUT2D eigenvalue weighted by Crippen LogP contribution is -2.38. The molecule has 0 radical (unpaired) electrons. The van der Waals surface area contributed by atoms with E-state index in [0.717, 1.165) is 66.5 Å². The van der Waals surface area contributed by atoms with E-state index in [9.17, 15) is 9.59 Å². The van der Waals surface area contributed by atoms with Crippen molar-refractivity contribution in [2.24, 2.45) is 0 Å². The third kappa shape index (κ3) is 6.78. The molecule has 4 N–H and O–H groups in total. The van der Waals surface area contributed by atoms with Crippen molar-refractivity contribution >= 4 is 35.0 Å². The minimum Gasteiger partial charge on any atom is -0.481 e. The SMILES string of the molecule is COc1nc(-c2cccc(-c3ccnc(-c4ccc5c(c4)CCC[C@@H]5NC[C@@H]4CCC(=O)N4)c3Cl)c2Cl)ccc1CN[C@@H]1CCC(=O)N1. The van der Waals surface area contributed by atoms with E-state index in [-0.39, 0.29) is 30.1 Å². The highest BCUT2D eigenvalue weighted by atomic mass is 35.5. The Labute approximate surface area is 290 Å². The zero-order chi connectivity index (χ0) is 33.2. The van der Waals surface area contributed by atoms with Gasteiger partial charge in [-0.3, -0.25) is 19.9 Å². The summed E-state index contributed by atoms with van der Waals surface area (Å²) in [6.45, 7) is 1.28. The number of amides is 2. The number of nitrogens with one attached hydrogen (secondary N) is 4. The Morgan fingerprint density at radius 2 is 1.69 bits per heavy atom. The maximum absolute atomic E-state index is 11.6. The number of carbonyl (C=O) groups excluding carboxylic acids is 2. The summed E-state index contributed by atoms with van der Waals surface area (Å²) in [4.78, 5) is 32.7. The molecule has 2 amide bonds. The monoisotopic (exact) mass is 684 g/mol. The fourth-order valence-corrected chi connectivity index (χ4v) is 7.66. The molecule has 4 aromatic rings. The predicted octanol–water partition coefficient (Wildman–Crippen LogP) is 6.36. The molecule has 2 aromatic carbocycles. The maximum Gasteiger partial charge on any atom is 0.221 e. The quantitative estimate of drug-likeness (QED) is 0.154. The number of aryl methyl sites for hydroxylation is 1. The zero-order valence-corrected chi connectivity index (χ0v) is 28.3. The molecule has 0 bridgehead atoms. The topological polar surface area (TPSA) is 117 Å². The average molecular weight is 686 g/mol. The first kappa shape index (κ1) is 32.5.